The zero-order chi connectivity index (χ0) is 24.0. The standard InChI is InChI=1S/C26H38N4O4/c31-23(21-9-5-2-6-10-21)28-26(25(33)34,19-20-7-3-1-4-8-20)24(32)30-17-15-29(16-18-30)22-11-13-27-14-12-22/h1,3-4,7-8,21-22,27H,2,5-6,9-19H2,(H,28,31)(H,33,34). The van der Waals surface area contributed by atoms with Crippen molar-refractivity contribution in [2.75, 3.05) is 39.3 Å². The fraction of sp³-hybridized carbons (Fsp3) is 0.654. The number of carbonyl (C=O) groups excluding carboxylic acids is 2. The molecule has 3 fully saturated rings. The monoisotopic (exact) mass is 470 g/mol. The van der Waals surface area contributed by atoms with Crippen LogP contribution in [0, 0.1) is 5.92 Å². The van der Waals surface area contributed by atoms with E-state index in [1.165, 1.54) is 0 Å². The first kappa shape index (κ1) is 24.7. The minimum absolute atomic E-state index is 0.0605. The van der Waals surface area contributed by atoms with Gasteiger partial charge in [0.15, 0.2) is 0 Å². The number of hydrogen-bond acceptors (Lipinski definition) is 5. The van der Waals surface area contributed by atoms with E-state index in [1.54, 1.807) is 4.90 Å². The van der Waals surface area contributed by atoms with Gasteiger partial charge in [-0.05, 0) is 44.3 Å². The van der Waals surface area contributed by atoms with Crippen LogP contribution in [-0.2, 0) is 20.8 Å². The molecule has 1 aromatic rings. The van der Waals surface area contributed by atoms with E-state index in [9.17, 15) is 19.5 Å². The summed E-state index contributed by atoms with van der Waals surface area (Å²) in [6.07, 6.45) is 6.64. The number of nitrogens with zero attached hydrogens (tertiary/aromatic N) is 2. The Morgan fingerprint density at radius 1 is 0.941 bits per heavy atom. The summed E-state index contributed by atoms with van der Waals surface area (Å²) in [6.45, 7) is 4.44. The Labute approximate surface area is 202 Å². The van der Waals surface area contributed by atoms with Gasteiger partial charge in [0.2, 0.25) is 11.4 Å². The van der Waals surface area contributed by atoms with Crippen molar-refractivity contribution >= 4 is 17.8 Å². The number of carbonyl (C=O) groups is 3. The Hall–Kier alpha value is -2.45. The van der Waals surface area contributed by atoms with E-state index in [1.807, 2.05) is 30.3 Å². The molecule has 2 heterocycles. The first-order valence-electron chi connectivity index (χ1n) is 12.8. The predicted molar refractivity (Wildman–Crippen MR) is 129 cm³/mol. The van der Waals surface area contributed by atoms with E-state index in [4.69, 9.17) is 0 Å². The second-order valence-corrected chi connectivity index (χ2v) is 10.0. The summed E-state index contributed by atoms with van der Waals surface area (Å²) in [5, 5.41) is 16.6. The van der Waals surface area contributed by atoms with Gasteiger partial charge < -0.3 is 20.6 Å². The van der Waals surface area contributed by atoms with Gasteiger partial charge in [0.1, 0.15) is 0 Å². The summed E-state index contributed by atoms with van der Waals surface area (Å²) in [4.78, 5) is 43.9. The third kappa shape index (κ3) is 5.61. The van der Waals surface area contributed by atoms with Crippen molar-refractivity contribution in [3.63, 3.8) is 0 Å². The molecule has 1 aromatic carbocycles. The molecule has 1 aliphatic carbocycles. The van der Waals surface area contributed by atoms with E-state index in [0.717, 1.165) is 76.7 Å². The van der Waals surface area contributed by atoms with E-state index in [0.29, 0.717) is 19.1 Å². The molecule has 0 radical (unpaired) electrons. The zero-order valence-electron chi connectivity index (χ0n) is 20.0. The topological polar surface area (TPSA) is 102 Å². The molecule has 3 N–H and O–H groups in total. The maximum absolute atomic E-state index is 13.9. The number of piperazine rings is 1. The smallest absolute Gasteiger partial charge is 0.339 e. The normalized spacial score (nSPS) is 22.6. The molecule has 0 bridgehead atoms. The molecule has 8 nitrogen and oxygen atoms in total. The highest BCUT2D eigenvalue weighted by atomic mass is 16.4. The molecule has 0 spiro atoms. The lowest BCUT2D eigenvalue weighted by Crippen LogP contribution is -2.68. The number of carboxylic acids is 1. The van der Waals surface area contributed by atoms with Crippen LogP contribution in [-0.4, -0.2) is 83.5 Å². The Bertz CT molecular complexity index is 844. The number of rotatable bonds is 7. The second kappa shape index (κ2) is 11.3. The third-order valence-corrected chi connectivity index (χ3v) is 7.78. The summed E-state index contributed by atoms with van der Waals surface area (Å²) in [5.74, 6) is -2.32. The van der Waals surface area contributed by atoms with Gasteiger partial charge in [0, 0.05) is 44.6 Å². The van der Waals surface area contributed by atoms with Gasteiger partial charge in [0.05, 0.1) is 0 Å². The number of hydrogen-bond donors (Lipinski definition) is 3. The molecule has 2 aliphatic heterocycles. The van der Waals surface area contributed by atoms with Crippen LogP contribution in [0.2, 0.25) is 0 Å². The molecule has 2 saturated heterocycles. The van der Waals surface area contributed by atoms with E-state index < -0.39 is 17.4 Å². The van der Waals surface area contributed by atoms with Crippen molar-refractivity contribution in [1.82, 2.24) is 20.4 Å². The van der Waals surface area contributed by atoms with Crippen LogP contribution in [0.25, 0.3) is 0 Å². The first-order valence-corrected chi connectivity index (χ1v) is 12.8. The van der Waals surface area contributed by atoms with Crippen LogP contribution in [0.15, 0.2) is 30.3 Å². The minimum atomic E-state index is -1.99. The van der Waals surface area contributed by atoms with Gasteiger partial charge in [-0.2, -0.15) is 0 Å². The van der Waals surface area contributed by atoms with Crippen LogP contribution >= 0.6 is 0 Å². The molecule has 8 heteroatoms. The highest BCUT2D eigenvalue weighted by molar-refractivity contribution is 6.10. The molecular formula is C26H38N4O4. The van der Waals surface area contributed by atoms with Crippen molar-refractivity contribution in [2.24, 2.45) is 5.92 Å². The predicted octanol–water partition coefficient (Wildman–Crippen LogP) is 1.65. The molecular weight excluding hydrogens is 432 g/mol. The van der Waals surface area contributed by atoms with Crippen molar-refractivity contribution in [2.45, 2.75) is 62.9 Å². The molecule has 186 valence electrons. The lowest BCUT2D eigenvalue weighted by molar-refractivity contribution is -0.159. The zero-order valence-corrected chi connectivity index (χ0v) is 20.0. The van der Waals surface area contributed by atoms with Crippen molar-refractivity contribution < 1.29 is 19.5 Å². The van der Waals surface area contributed by atoms with Gasteiger partial charge in [-0.1, -0.05) is 49.6 Å². The SMILES string of the molecule is O=C(NC(Cc1ccccc1)(C(=O)O)C(=O)N1CCN(C2CCNCC2)CC1)C1CCCCC1. The van der Waals surface area contributed by atoms with Crippen LogP contribution in [0.5, 0.6) is 0 Å². The molecule has 2 amide bonds. The number of carboxylic acid groups (broad SMARTS) is 1. The third-order valence-electron chi connectivity index (χ3n) is 7.78. The largest absolute Gasteiger partial charge is 0.479 e. The lowest BCUT2D eigenvalue weighted by atomic mass is 9.85. The van der Waals surface area contributed by atoms with Gasteiger partial charge in [0.25, 0.3) is 5.91 Å². The minimum Gasteiger partial charge on any atom is -0.479 e. The molecule has 1 unspecified atom stereocenters. The molecule has 1 atom stereocenters. The molecule has 4 rings (SSSR count). The van der Waals surface area contributed by atoms with Crippen molar-refractivity contribution in [1.29, 1.82) is 0 Å². The van der Waals surface area contributed by atoms with Gasteiger partial charge in [-0.25, -0.2) is 4.79 Å². The van der Waals surface area contributed by atoms with Gasteiger partial charge >= 0.3 is 5.97 Å². The number of nitrogens with one attached hydrogen (secondary N) is 2. The fourth-order valence-electron chi connectivity index (χ4n) is 5.70. The number of benzene rings is 1. The maximum atomic E-state index is 13.9. The van der Waals surface area contributed by atoms with Gasteiger partial charge in [-0.15, -0.1) is 0 Å². The lowest BCUT2D eigenvalue weighted by Gasteiger charge is -2.43. The summed E-state index contributed by atoms with van der Waals surface area (Å²) in [5.41, 5.74) is -1.28. The van der Waals surface area contributed by atoms with E-state index in [2.05, 4.69) is 15.5 Å². The fourth-order valence-corrected chi connectivity index (χ4v) is 5.70. The summed E-state index contributed by atoms with van der Waals surface area (Å²) in [6, 6.07) is 9.65. The van der Waals surface area contributed by atoms with Crippen molar-refractivity contribution in [3.8, 4) is 0 Å². The van der Waals surface area contributed by atoms with Crippen LogP contribution in [0.4, 0.5) is 0 Å². The Balaban J connectivity index is 1.53. The van der Waals surface area contributed by atoms with E-state index in [-0.39, 0.29) is 18.2 Å². The number of aliphatic carboxylic acids is 1. The molecule has 3 aliphatic rings. The number of piperidine rings is 1. The highest BCUT2D eigenvalue weighted by Crippen LogP contribution is 2.26. The summed E-state index contributed by atoms with van der Waals surface area (Å²) >= 11 is 0. The maximum Gasteiger partial charge on any atom is 0.339 e. The van der Waals surface area contributed by atoms with Crippen molar-refractivity contribution in [3.05, 3.63) is 35.9 Å². The highest BCUT2D eigenvalue weighted by Gasteiger charge is 2.51. The van der Waals surface area contributed by atoms with Crippen LogP contribution in [0.3, 0.4) is 0 Å². The summed E-state index contributed by atoms with van der Waals surface area (Å²) < 4.78 is 0. The Morgan fingerprint density at radius 2 is 1.59 bits per heavy atom. The Morgan fingerprint density at radius 3 is 2.21 bits per heavy atom. The second-order valence-electron chi connectivity index (χ2n) is 10.0. The average molecular weight is 471 g/mol. The van der Waals surface area contributed by atoms with E-state index >= 15 is 0 Å². The number of amides is 2. The van der Waals surface area contributed by atoms with Crippen LogP contribution in [0.1, 0.15) is 50.5 Å². The van der Waals surface area contributed by atoms with Gasteiger partial charge in [-0.3, -0.25) is 14.5 Å². The molecule has 1 saturated carbocycles. The van der Waals surface area contributed by atoms with Crippen LogP contribution < -0.4 is 10.6 Å². The summed E-state index contributed by atoms with van der Waals surface area (Å²) in [7, 11) is 0. The molecule has 34 heavy (non-hydrogen) atoms. The quantitative estimate of drug-likeness (QED) is 0.524. The molecule has 0 aromatic heterocycles. The Kier molecular flexibility index (Phi) is 8.21. The first-order chi connectivity index (χ1) is 16.5. The average Bonchev–Trinajstić information content (AvgIpc) is 2.89.